The minimum atomic E-state index is -0.989. The van der Waals surface area contributed by atoms with E-state index in [0.29, 0.717) is 6.04 Å². The predicted octanol–water partition coefficient (Wildman–Crippen LogP) is 3.04. The van der Waals surface area contributed by atoms with Crippen LogP contribution < -0.4 is 5.32 Å². The maximum Gasteiger partial charge on any atom is 0.328 e. The van der Waals surface area contributed by atoms with Crippen LogP contribution in [0.3, 0.4) is 0 Å². The second-order valence-corrected chi connectivity index (χ2v) is 6.68. The average Bonchev–Trinajstić information content (AvgIpc) is 3.11. The van der Waals surface area contributed by atoms with Crippen molar-refractivity contribution in [2.45, 2.75) is 57.5 Å². The van der Waals surface area contributed by atoms with Crippen LogP contribution >= 0.6 is 0 Å². The van der Waals surface area contributed by atoms with Crippen molar-refractivity contribution in [3.8, 4) is 0 Å². The van der Waals surface area contributed by atoms with Gasteiger partial charge < -0.3 is 5.11 Å². The van der Waals surface area contributed by atoms with Gasteiger partial charge >= 0.3 is 5.97 Å². The number of hydrogen-bond donors (Lipinski definition) is 2. The zero-order chi connectivity index (χ0) is 14.3. The first-order valence-corrected chi connectivity index (χ1v) is 6.85. The molecule has 0 spiro atoms. The number of benzene rings is 1. The molecule has 104 valence electrons. The molecule has 1 aromatic rings. The van der Waals surface area contributed by atoms with Crippen LogP contribution in [-0.4, -0.2) is 17.1 Å². The molecular weight excluding hydrogens is 238 g/mol. The summed E-state index contributed by atoms with van der Waals surface area (Å²) in [6.45, 7) is 8.21. The van der Waals surface area contributed by atoms with Crippen LogP contribution in [0.5, 0.6) is 0 Å². The van der Waals surface area contributed by atoms with E-state index in [1.165, 1.54) is 5.56 Å². The van der Waals surface area contributed by atoms with E-state index in [-0.39, 0.29) is 5.41 Å². The van der Waals surface area contributed by atoms with Gasteiger partial charge in [0.1, 0.15) is 5.54 Å². The SMILES string of the molecule is CC(C)(C)c1ccc(C(C)(NC2CC2)C(=O)O)cc1. The van der Waals surface area contributed by atoms with Crippen LogP contribution in [0, 0.1) is 0 Å². The smallest absolute Gasteiger partial charge is 0.328 e. The zero-order valence-electron chi connectivity index (χ0n) is 12.2. The monoisotopic (exact) mass is 261 g/mol. The molecule has 0 aliphatic heterocycles. The van der Waals surface area contributed by atoms with Crippen LogP contribution in [-0.2, 0) is 15.7 Å². The van der Waals surface area contributed by atoms with Gasteiger partial charge in [0.15, 0.2) is 0 Å². The summed E-state index contributed by atoms with van der Waals surface area (Å²) in [6, 6.07) is 8.29. The molecule has 1 aliphatic rings. The summed E-state index contributed by atoms with van der Waals surface area (Å²) in [5.41, 5.74) is 1.13. The van der Waals surface area contributed by atoms with E-state index in [1.54, 1.807) is 6.92 Å². The number of hydrogen-bond acceptors (Lipinski definition) is 2. The van der Waals surface area contributed by atoms with Crippen LogP contribution in [0.2, 0.25) is 0 Å². The number of aliphatic carboxylic acids is 1. The van der Waals surface area contributed by atoms with Gasteiger partial charge in [-0.25, -0.2) is 4.79 Å². The van der Waals surface area contributed by atoms with Gasteiger partial charge in [-0.05, 0) is 36.3 Å². The molecule has 1 fully saturated rings. The van der Waals surface area contributed by atoms with Crippen molar-refractivity contribution in [1.29, 1.82) is 0 Å². The summed E-state index contributed by atoms with van der Waals surface area (Å²) >= 11 is 0. The quantitative estimate of drug-likeness (QED) is 0.876. The summed E-state index contributed by atoms with van der Waals surface area (Å²) < 4.78 is 0. The zero-order valence-corrected chi connectivity index (χ0v) is 12.2. The predicted molar refractivity (Wildman–Crippen MR) is 76.3 cm³/mol. The molecule has 1 aliphatic carbocycles. The maximum absolute atomic E-state index is 11.6. The number of nitrogens with one attached hydrogen (secondary N) is 1. The van der Waals surface area contributed by atoms with Crippen molar-refractivity contribution in [3.05, 3.63) is 35.4 Å². The summed E-state index contributed by atoms with van der Waals surface area (Å²) in [6.07, 6.45) is 2.14. The van der Waals surface area contributed by atoms with Gasteiger partial charge in [0.25, 0.3) is 0 Å². The molecule has 0 heterocycles. The molecular formula is C16H23NO2. The van der Waals surface area contributed by atoms with Gasteiger partial charge in [-0.1, -0.05) is 45.0 Å². The number of carboxylic acid groups (broad SMARTS) is 1. The van der Waals surface area contributed by atoms with Gasteiger partial charge in [-0.2, -0.15) is 0 Å². The third-order valence-corrected chi connectivity index (χ3v) is 3.83. The normalized spacial score (nSPS) is 18.9. The highest BCUT2D eigenvalue weighted by Crippen LogP contribution is 2.30. The van der Waals surface area contributed by atoms with Crippen molar-refractivity contribution in [2.24, 2.45) is 0 Å². The molecule has 1 saturated carbocycles. The molecule has 0 saturated heterocycles. The Bertz CT molecular complexity index is 469. The Balaban J connectivity index is 2.29. The van der Waals surface area contributed by atoms with E-state index in [1.807, 2.05) is 24.3 Å². The highest BCUT2D eigenvalue weighted by molar-refractivity contribution is 5.80. The molecule has 2 rings (SSSR count). The van der Waals surface area contributed by atoms with E-state index in [2.05, 4.69) is 26.1 Å². The molecule has 3 nitrogen and oxygen atoms in total. The Labute approximate surface area is 115 Å². The van der Waals surface area contributed by atoms with Gasteiger partial charge in [0, 0.05) is 6.04 Å². The van der Waals surface area contributed by atoms with Crippen molar-refractivity contribution < 1.29 is 9.90 Å². The number of carboxylic acids is 1. The fraction of sp³-hybridized carbons (Fsp3) is 0.562. The third kappa shape index (κ3) is 2.98. The first kappa shape index (κ1) is 14.1. The van der Waals surface area contributed by atoms with Gasteiger partial charge in [0.05, 0.1) is 0 Å². The van der Waals surface area contributed by atoms with E-state index in [4.69, 9.17) is 0 Å². The Morgan fingerprint density at radius 1 is 1.11 bits per heavy atom. The topological polar surface area (TPSA) is 49.3 Å². The second-order valence-electron chi connectivity index (χ2n) is 6.68. The van der Waals surface area contributed by atoms with Crippen molar-refractivity contribution in [3.63, 3.8) is 0 Å². The van der Waals surface area contributed by atoms with Crippen LogP contribution in [0.15, 0.2) is 24.3 Å². The fourth-order valence-corrected chi connectivity index (χ4v) is 2.21. The third-order valence-electron chi connectivity index (χ3n) is 3.83. The summed E-state index contributed by atoms with van der Waals surface area (Å²) in [7, 11) is 0. The molecule has 1 atom stereocenters. The lowest BCUT2D eigenvalue weighted by molar-refractivity contribution is -0.144. The molecule has 0 aromatic heterocycles. The Morgan fingerprint density at radius 2 is 1.58 bits per heavy atom. The highest BCUT2D eigenvalue weighted by Gasteiger charge is 2.40. The first-order chi connectivity index (χ1) is 8.73. The highest BCUT2D eigenvalue weighted by atomic mass is 16.4. The van der Waals surface area contributed by atoms with Gasteiger partial charge in [0.2, 0.25) is 0 Å². The summed E-state index contributed by atoms with van der Waals surface area (Å²) in [5.74, 6) is -0.817. The largest absolute Gasteiger partial charge is 0.480 e. The molecule has 1 aromatic carbocycles. The van der Waals surface area contributed by atoms with Crippen molar-refractivity contribution in [2.75, 3.05) is 0 Å². The van der Waals surface area contributed by atoms with E-state index >= 15 is 0 Å². The Kier molecular flexibility index (Phi) is 3.43. The molecule has 0 amide bonds. The molecule has 2 N–H and O–H groups in total. The maximum atomic E-state index is 11.6. The number of carbonyl (C=O) groups is 1. The molecule has 0 bridgehead atoms. The summed E-state index contributed by atoms with van der Waals surface area (Å²) in [4.78, 5) is 11.6. The van der Waals surface area contributed by atoms with Crippen LogP contribution in [0.25, 0.3) is 0 Å². The second kappa shape index (κ2) is 4.64. The van der Waals surface area contributed by atoms with E-state index < -0.39 is 11.5 Å². The van der Waals surface area contributed by atoms with Gasteiger partial charge in [-0.3, -0.25) is 5.32 Å². The van der Waals surface area contributed by atoms with Crippen LogP contribution in [0.4, 0.5) is 0 Å². The van der Waals surface area contributed by atoms with E-state index in [9.17, 15) is 9.90 Å². The first-order valence-electron chi connectivity index (χ1n) is 6.85. The minimum absolute atomic E-state index is 0.0854. The van der Waals surface area contributed by atoms with Crippen molar-refractivity contribution >= 4 is 5.97 Å². The molecule has 3 heteroatoms. The van der Waals surface area contributed by atoms with Crippen LogP contribution in [0.1, 0.15) is 51.7 Å². The fourth-order valence-electron chi connectivity index (χ4n) is 2.21. The molecule has 0 radical (unpaired) electrons. The number of rotatable bonds is 4. The lowest BCUT2D eigenvalue weighted by atomic mass is 9.84. The lowest BCUT2D eigenvalue weighted by Crippen LogP contribution is -2.47. The van der Waals surface area contributed by atoms with Gasteiger partial charge in [-0.15, -0.1) is 0 Å². The van der Waals surface area contributed by atoms with E-state index in [0.717, 1.165) is 18.4 Å². The van der Waals surface area contributed by atoms with Crippen molar-refractivity contribution in [1.82, 2.24) is 5.32 Å². The Morgan fingerprint density at radius 3 is 1.95 bits per heavy atom. The summed E-state index contributed by atoms with van der Waals surface area (Å²) in [5, 5.41) is 12.8. The Hall–Kier alpha value is -1.35. The molecule has 1 unspecified atom stereocenters. The lowest BCUT2D eigenvalue weighted by Gasteiger charge is -2.28. The standard InChI is InChI=1S/C16H23NO2/c1-15(2,3)11-5-7-12(8-6-11)16(4,14(18)19)17-13-9-10-13/h5-8,13,17H,9-10H2,1-4H3,(H,18,19). The minimum Gasteiger partial charge on any atom is -0.480 e. The molecule has 19 heavy (non-hydrogen) atoms. The average molecular weight is 261 g/mol.